The summed E-state index contributed by atoms with van der Waals surface area (Å²) in [5.41, 5.74) is 1.34. The molecule has 10 heteroatoms. The summed E-state index contributed by atoms with van der Waals surface area (Å²) >= 11 is 7.73. The minimum Gasteiger partial charge on any atom is -0.493 e. The smallest absolute Gasteiger partial charge is 0.258 e. The van der Waals surface area contributed by atoms with Gasteiger partial charge in [-0.05, 0) is 30.7 Å². The second-order valence-electron chi connectivity index (χ2n) is 6.30. The van der Waals surface area contributed by atoms with Gasteiger partial charge in [0, 0.05) is 22.9 Å². The molecule has 31 heavy (non-hydrogen) atoms. The molecule has 1 amide bonds. The monoisotopic (exact) mass is 462 g/mol. The first-order valence-electron chi connectivity index (χ1n) is 9.43. The topological polar surface area (TPSA) is 87.5 Å². The van der Waals surface area contributed by atoms with Crippen molar-refractivity contribution in [2.45, 2.75) is 24.4 Å². The predicted molar refractivity (Wildman–Crippen MR) is 121 cm³/mol. The highest BCUT2D eigenvalue weighted by Crippen LogP contribution is 2.38. The number of carbonyl (C=O) groups excluding carboxylic acids is 1. The number of ether oxygens (including phenoxy) is 3. The summed E-state index contributed by atoms with van der Waals surface area (Å²) in [6.07, 6.45) is 0. The van der Waals surface area contributed by atoms with Crippen molar-refractivity contribution in [1.82, 2.24) is 14.8 Å². The minimum absolute atomic E-state index is 0.338. The first-order valence-corrected chi connectivity index (χ1v) is 10.8. The highest BCUT2D eigenvalue weighted by molar-refractivity contribution is 7.98. The highest BCUT2D eigenvalue weighted by Gasteiger charge is 2.20. The van der Waals surface area contributed by atoms with E-state index in [9.17, 15) is 4.79 Å². The third kappa shape index (κ3) is 5.05. The second-order valence-corrected chi connectivity index (χ2v) is 7.65. The van der Waals surface area contributed by atoms with Crippen molar-refractivity contribution in [3.63, 3.8) is 0 Å². The zero-order chi connectivity index (χ0) is 22.4. The molecule has 2 aromatic carbocycles. The number of thioether (sulfide) groups is 1. The van der Waals surface area contributed by atoms with Crippen molar-refractivity contribution in [1.29, 1.82) is 0 Å². The van der Waals surface area contributed by atoms with E-state index < -0.39 is 0 Å². The van der Waals surface area contributed by atoms with Gasteiger partial charge in [-0.2, -0.15) is 0 Å². The van der Waals surface area contributed by atoms with Crippen molar-refractivity contribution >= 4 is 35.2 Å². The van der Waals surface area contributed by atoms with E-state index in [1.807, 2.05) is 35.8 Å². The van der Waals surface area contributed by atoms with Crippen LogP contribution < -0.4 is 19.5 Å². The van der Waals surface area contributed by atoms with E-state index >= 15 is 0 Å². The lowest BCUT2D eigenvalue weighted by Gasteiger charge is -2.14. The van der Waals surface area contributed by atoms with Gasteiger partial charge in [-0.1, -0.05) is 41.6 Å². The Morgan fingerprint density at radius 1 is 1.10 bits per heavy atom. The zero-order valence-corrected chi connectivity index (χ0v) is 19.2. The molecule has 0 saturated carbocycles. The maximum atomic E-state index is 12.9. The lowest BCUT2D eigenvalue weighted by molar-refractivity contribution is 0.102. The third-order valence-corrected chi connectivity index (χ3v) is 5.88. The van der Waals surface area contributed by atoms with Crippen molar-refractivity contribution in [2.75, 3.05) is 26.6 Å². The van der Waals surface area contributed by atoms with Crippen LogP contribution in [0.5, 0.6) is 17.2 Å². The van der Waals surface area contributed by atoms with Gasteiger partial charge in [0.15, 0.2) is 16.7 Å². The van der Waals surface area contributed by atoms with Gasteiger partial charge >= 0.3 is 0 Å². The van der Waals surface area contributed by atoms with Crippen molar-refractivity contribution in [3.8, 4) is 17.2 Å². The molecule has 0 aliphatic heterocycles. The van der Waals surface area contributed by atoms with E-state index in [4.69, 9.17) is 25.8 Å². The number of hydrogen-bond donors (Lipinski definition) is 1. The van der Waals surface area contributed by atoms with Crippen LogP contribution in [0.2, 0.25) is 5.02 Å². The van der Waals surface area contributed by atoms with Crippen molar-refractivity contribution in [3.05, 3.63) is 52.5 Å². The highest BCUT2D eigenvalue weighted by atomic mass is 35.5. The summed E-state index contributed by atoms with van der Waals surface area (Å²) in [7, 11) is 4.50. The number of rotatable bonds is 9. The van der Waals surface area contributed by atoms with Crippen LogP contribution in [0, 0.1) is 0 Å². The van der Waals surface area contributed by atoms with E-state index in [1.165, 1.54) is 33.1 Å². The SMILES string of the molecule is CCn1c(NC(=O)c2cc(OC)c(OC)c(OC)c2)nnc1SCc1ccccc1Cl. The van der Waals surface area contributed by atoms with Crippen LogP contribution in [-0.2, 0) is 12.3 Å². The molecule has 0 aliphatic rings. The fraction of sp³-hybridized carbons (Fsp3) is 0.286. The zero-order valence-electron chi connectivity index (χ0n) is 17.6. The molecule has 0 aliphatic carbocycles. The van der Waals surface area contributed by atoms with E-state index in [0.29, 0.717) is 51.2 Å². The Kier molecular flexibility index (Phi) is 7.64. The summed E-state index contributed by atoms with van der Waals surface area (Å²) in [4.78, 5) is 12.9. The Balaban J connectivity index is 1.80. The number of hydrogen-bond acceptors (Lipinski definition) is 7. The number of nitrogens with one attached hydrogen (secondary N) is 1. The molecule has 0 radical (unpaired) electrons. The normalized spacial score (nSPS) is 10.6. The Morgan fingerprint density at radius 3 is 2.35 bits per heavy atom. The van der Waals surface area contributed by atoms with Crippen molar-refractivity contribution < 1.29 is 19.0 Å². The fourth-order valence-corrected chi connectivity index (χ4v) is 4.20. The van der Waals surface area contributed by atoms with Crippen LogP contribution in [-0.4, -0.2) is 42.0 Å². The van der Waals surface area contributed by atoms with Crippen LogP contribution in [0.4, 0.5) is 5.95 Å². The van der Waals surface area contributed by atoms with Crippen LogP contribution in [0.25, 0.3) is 0 Å². The van der Waals surface area contributed by atoms with Gasteiger partial charge in [0.2, 0.25) is 11.7 Å². The maximum Gasteiger partial charge on any atom is 0.258 e. The van der Waals surface area contributed by atoms with Crippen molar-refractivity contribution in [2.24, 2.45) is 0 Å². The Labute approximate surface area is 189 Å². The average molecular weight is 463 g/mol. The van der Waals surface area contributed by atoms with Crippen LogP contribution in [0.1, 0.15) is 22.8 Å². The summed E-state index contributed by atoms with van der Waals surface area (Å²) in [6.45, 7) is 2.54. The molecule has 1 heterocycles. The molecule has 0 unspecified atom stereocenters. The lowest BCUT2D eigenvalue weighted by atomic mass is 10.1. The fourth-order valence-electron chi connectivity index (χ4n) is 2.92. The number of anilines is 1. The summed E-state index contributed by atoms with van der Waals surface area (Å²) in [5, 5.41) is 12.6. The minimum atomic E-state index is -0.371. The molecule has 3 aromatic rings. The van der Waals surface area contributed by atoms with Crippen LogP contribution >= 0.6 is 23.4 Å². The predicted octanol–water partition coefficient (Wildman–Crippen LogP) is 4.52. The van der Waals surface area contributed by atoms with Crippen LogP contribution in [0.15, 0.2) is 41.6 Å². The number of carbonyl (C=O) groups is 1. The van der Waals surface area contributed by atoms with Gasteiger partial charge in [0.05, 0.1) is 21.3 Å². The first kappa shape index (κ1) is 22.8. The molecule has 0 saturated heterocycles. The molecular formula is C21H23ClN4O4S. The van der Waals surface area contributed by atoms with Gasteiger partial charge in [-0.15, -0.1) is 10.2 Å². The molecule has 0 spiro atoms. The van der Waals surface area contributed by atoms with E-state index in [-0.39, 0.29) is 5.91 Å². The molecule has 1 N–H and O–H groups in total. The summed E-state index contributed by atoms with van der Waals surface area (Å²) < 4.78 is 17.8. The Morgan fingerprint density at radius 2 is 1.77 bits per heavy atom. The van der Waals surface area contributed by atoms with Gasteiger partial charge < -0.3 is 14.2 Å². The quantitative estimate of drug-likeness (QED) is 0.467. The number of methoxy groups -OCH3 is 3. The van der Waals surface area contributed by atoms with Gasteiger partial charge in [0.25, 0.3) is 5.91 Å². The molecule has 0 bridgehead atoms. The Bertz CT molecular complexity index is 1050. The Hall–Kier alpha value is -2.91. The van der Waals surface area contributed by atoms with Crippen LogP contribution in [0.3, 0.4) is 0 Å². The molecule has 3 rings (SSSR count). The number of halogens is 1. The lowest BCUT2D eigenvalue weighted by Crippen LogP contribution is -2.16. The van der Waals surface area contributed by atoms with Gasteiger partial charge in [-0.25, -0.2) is 0 Å². The number of aromatic nitrogens is 3. The molecule has 1 aromatic heterocycles. The summed E-state index contributed by atoms with van der Waals surface area (Å²) in [5.74, 6) is 1.81. The standard InChI is InChI=1S/C21H23ClN4O4S/c1-5-26-20(24-25-21(26)31-12-13-8-6-7-9-15(13)22)23-19(27)14-10-16(28-2)18(30-4)17(11-14)29-3/h6-11H,5,12H2,1-4H3,(H,23,24,27). The molecular weight excluding hydrogens is 440 g/mol. The molecule has 0 atom stereocenters. The van der Waals surface area contributed by atoms with E-state index in [0.717, 1.165) is 5.56 Å². The average Bonchev–Trinajstić information content (AvgIpc) is 3.18. The number of amides is 1. The molecule has 0 fully saturated rings. The van der Waals surface area contributed by atoms with E-state index in [2.05, 4.69) is 15.5 Å². The second kappa shape index (κ2) is 10.4. The molecule has 8 nitrogen and oxygen atoms in total. The number of benzene rings is 2. The molecule has 164 valence electrons. The van der Waals surface area contributed by atoms with E-state index in [1.54, 1.807) is 12.1 Å². The first-order chi connectivity index (χ1) is 15.0. The number of nitrogens with zero attached hydrogens (tertiary/aromatic N) is 3. The maximum absolute atomic E-state index is 12.9. The largest absolute Gasteiger partial charge is 0.493 e. The third-order valence-electron chi connectivity index (χ3n) is 4.50. The van der Waals surface area contributed by atoms with Gasteiger partial charge in [0.1, 0.15) is 0 Å². The summed E-state index contributed by atoms with van der Waals surface area (Å²) in [6, 6.07) is 10.8. The van der Waals surface area contributed by atoms with Gasteiger partial charge in [-0.3, -0.25) is 14.7 Å².